The molecule has 1 heterocycles. The fourth-order valence-corrected chi connectivity index (χ4v) is 2.58. The molecule has 0 amide bonds. The van der Waals surface area contributed by atoms with Gasteiger partial charge >= 0.3 is 0 Å². The molecule has 106 valence electrons. The molecule has 0 saturated carbocycles. The summed E-state index contributed by atoms with van der Waals surface area (Å²) in [7, 11) is 0. The molecule has 3 heteroatoms. The zero-order valence-electron chi connectivity index (χ0n) is 12.3. The standard InChI is InChI=1S/C18H18N2O/c1-13-7-9-15(10-8-13)11-12-18(21)20-14(2)19-16-5-3-4-6-17(16)20/h3-10H,11-12H2,1-2H3. The molecule has 0 aliphatic heterocycles. The zero-order valence-corrected chi connectivity index (χ0v) is 12.3. The number of rotatable bonds is 3. The molecule has 0 bridgehead atoms. The van der Waals surface area contributed by atoms with Crippen LogP contribution in [0.1, 0.15) is 28.2 Å². The Labute approximate surface area is 124 Å². The molecule has 3 nitrogen and oxygen atoms in total. The Bertz CT molecular complexity index is 785. The maximum atomic E-state index is 12.5. The van der Waals surface area contributed by atoms with Gasteiger partial charge in [0.15, 0.2) is 0 Å². The lowest BCUT2D eigenvalue weighted by Gasteiger charge is -2.06. The molecule has 0 unspecified atom stereocenters. The molecule has 0 aliphatic rings. The van der Waals surface area contributed by atoms with Gasteiger partial charge in [-0.3, -0.25) is 9.36 Å². The van der Waals surface area contributed by atoms with E-state index >= 15 is 0 Å². The monoisotopic (exact) mass is 278 g/mol. The van der Waals surface area contributed by atoms with Gasteiger partial charge < -0.3 is 0 Å². The van der Waals surface area contributed by atoms with Gasteiger partial charge in [-0.2, -0.15) is 0 Å². The van der Waals surface area contributed by atoms with E-state index in [-0.39, 0.29) is 5.91 Å². The molecular formula is C18H18N2O. The first-order valence-electron chi connectivity index (χ1n) is 7.18. The third kappa shape index (κ3) is 2.72. The van der Waals surface area contributed by atoms with Gasteiger partial charge in [0.25, 0.3) is 0 Å². The topological polar surface area (TPSA) is 34.9 Å². The fourth-order valence-electron chi connectivity index (χ4n) is 2.58. The van der Waals surface area contributed by atoms with Crippen molar-refractivity contribution in [3.63, 3.8) is 0 Å². The van der Waals surface area contributed by atoms with Crippen LogP contribution in [-0.4, -0.2) is 15.5 Å². The Kier molecular flexibility index (Phi) is 3.57. The quantitative estimate of drug-likeness (QED) is 0.727. The van der Waals surface area contributed by atoms with Crippen molar-refractivity contribution >= 4 is 16.9 Å². The highest BCUT2D eigenvalue weighted by Crippen LogP contribution is 2.16. The predicted molar refractivity (Wildman–Crippen MR) is 84.6 cm³/mol. The lowest BCUT2D eigenvalue weighted by molar-refractivity contribution is 0.0905. The van der Waals surface area contributed by atoms with Crippen LogP contribution in [-0.2, 0) is 6.42 Å². The molecule has 0 atom stereocenters. The van der Waals surface area contributed by atoms with Gasteiger partial charge in [0.05, 0.1) is 11.0 Å². The van der Waals surface area contributed by atoms with Crippen molar-refractivity contribution in [1.29, 1.82) is 0 Å². The van der Waals surface area contributed by atoms with Crippen LogP contribution in [0.3, 0.4) is 0 Å². The first-order valence-corrected chi connectivity index (χ1v) is 7.18. The van der Waals surface area contributed by atoms with Gasteiger partial charge in [-0.15, -0.1) is 0 Å². The van der Waals surface area contributed by atoms with Crippen LogP contribution >= 0.6 is 0 Å². The molecule has 0 fully saturated rings. The molecule has 1 aromatic heterocycles. The molecule has 3 aromatic rings. The van der Waals surface area contributed by atoms with Crippen LogP contribution in [0.15, 0.2) is 48.5 Å². The molecule has 0 aliphatic carbocycles. The van der Waals surface area contributed by atoms with Gasteiger partial charge in [0.1, 0.15) is 5.82 Å². The lowest BCUT2D eigenvalue weighted by atomic mass is 10.1. The van der Waals surface area contributed by atoms with Crippen molar-refractivity contribution in [1.82, 2.24) is 9.55 Å². The Balaban J connectivity index is 1.81. The normalized spacial score (nSPS) is 11.0. The van der Waals surface area contributed by atoms with Gasteiger partial charge in [0, 0.05) is 6.42 Å². The van der Waals surface area contributed by atoms with E-state index in [1.165, 1.54) is 11.1 Å². The second kappa shape index (κ2) is 5.52. The maximum absolute atomic E-state index is 12.5. The number of benzene rings is 2. The summed E-state index contributed by atoms with van der Waals surface area (Å²) in [6.45, 7) is 3.94. The highest BCUT2D eigenvalue weighted by atomic mass is 16.2. The van der Waals surface area contributed by atoms with E-state index in [9.17, 15) is 4.79 Å². The summed E-state index contributed by atoms with van der Waals surface area (Å²) >= 11 is 0. The number of para-hydroxylation sites is 2. The molecule has 0 saturated heterocycles. The SMILES string of the molecule is Cc1ccc(CCC(=O)n2c(C)nc3ccccc32)cc1. The van der Waals surface area contributed by atoms with E-state index in [1.54, 1.807) is 4.57 Å². The average Bonchev–Trinajstić information content (AvgIpc) is 2.82. The van der Waals surface area contributed by atoms with E-state index < -0.39 is 0 Å². The summed E-state index contributed by atoms with van der Waals surface area (Å²) < 4.78 is 1.73. The van der Waals surface area contributed by atoms with Crippen LogP contribution in [0.4, 0.5) is 0 Å². The van der Waals surface area contributed by atoms with Crippen LogP contribution in [0.5, 0.6) is 0 Å². The first-order chi connectivity index (χ1) is 10.1. The second-order valence-corrected chi connectivity index (χ2v) is 5.36. The minimum atomic E-state index is 0.0989. The van der Waals surface area contributed by atoms with Crippen molar-refractivity contribution in [3.8, 4) is 0 Å². The molecule has 0 radical (unpaired) electrons. The minimum absolute atomic E-state index is 0.0989. The number of aryl methyl sites for hydroxylation is 3. The Hall–Kier alpha value is -2.42. The zero-order chi connectivity index (χ0) is 14.8. The van der Waals surface area contributed by atoms with E-state index in [0.29, 0.717) is 6.42 Å². The number of nitrogens with zero attached hydrogens (tertiary/aromatic N) is 2. The molecule has 21 heavy (non-hydrogen) atoms. The van der Waals surface area contributed by atoms with Crippen molar-refractivity contribution < 1.29 is 4.79 Å². The molecule has 2 aromatic carbocycles. The summed E-state index contributed by atoms with van der Waals surface area (Å²) in [5, 5.41) is 0. The third-order valence-corrected chi connectivity index (χ3v) is 3.73. The van der Waals surface area contributed by atoms with Crippen molar-refractivity contribution in [2.45, 2.75) is 26.7 Å². The van der Waals surface area contributed by atoms with E-state index in [4.69, 9.17) is 0 Å². The fraction of sp³-hybridized carbons (Fsp3) is 0.222. The Morgan fingerprint density at radius 2 is 1.76 bits per heavy atom. The van der Waals surface area contributed by atoms with E-state index in [1.807, 2.05) is 31.2 Å². The smallest absolute Gasteiger partial charge is 0.232 e. The lowest BCUT2D eigenvalue weighted by Crippen LogP contribution is -2.13. The summed E-state index contributed by atoms with van der Waals surface area (Å²) in [5.74, 6) is 0.854. The van der Waals surface area contributed by atoms with Crippen LogP contribution in [0, 0.1) is 13.8 Å². The summed E-state index contributed by atoms with van der Waals surface area (Å²) in [4.78, 5) is 16.9. The summed E-state index contributed by atoms with van der Waals surface area (Å²) in [5.41, 5.74) is 4.19. The van der Waals surface area contributed by atoms with Crippen LogP contribution in [0.25, 0.3) is 11.0 Å². The molecule has 0 N–H and O–H groups in total. The number of imidazole rings is 1. The third-order valence-electron chi connectivity index (χ3n) is 3.73. The van der Waals surface area contributed by atoms with Crippen LogP contribution in [0.2, 0.25) is 0 Å². The number of aromatic nitrogens is 2. The number of carbonyl (C=O) groups is 1. The predicted octanol–water partition coefficient (Wildman–Crippen LogP) is 3.93. The number of hydrogen-bond acceptors (Lipinski definition) is 2. The number of carbonyl (C=O) groups excluding carboxylic acids is 1. The second-order valence-electron chi connectivity index (χ2n) is 5.36. The summed E-state index contributed by atoms with van der Waals surface area (Å²) in [6, 6.07) is 16.1. The van der Waals surface area contributed by atoms with Crippen molar-refractivity contribution in [3.05, 3.63) is 65.5 Å². The first kappa shape index (κ1) is 13.6. The van der Waals surface area contributed by atoms with Gasteiger partial charge in [0.2, 0.25) is 5.91 Å². The number of hydrogen-bond donors (Lipinski definition) is 0. The average molecular weight is 278 g/mol. The summed E-state index contributed by atoms with van der Waals surface area (Å²) in [6.07, 6.45) is 1.25. The largest absolute Gasteiger partial charge is 0.274 e. The number of fused-ring (bicyclic) bond motifs is 1. The van der Waals surface area contributed by atoms with E-state index in [2.05, 4.69) is 36.2 Å². The highest BCUT2D eigenvalue weighted by Gasteiger charge is 2.13. The molecule has 0 spiro atoms. The van der Waals surface area contributed by atoms with Crippen molar-refractivity contribution in [2.75, 3.05) is 0 Å². The molecular weight excluding hydrogens is 260 g/mol. The van der Waals surface area contributed by atoms with Crippen LogP contribution < -0.4 is 0 Å². The van der Waals surface area contributed by atoms with Gasteiger partial charge in [-0.1, -0.05) is 42.0 Å². The van der Waals surface area contributed by atoms with Gasteiger partial charge in [-0.05, 0) is 38.0 Å². The van der Waals surface area contributed by atoms with E-state index in [0.717, 1.165) is 23.3 Å². The highest BCUT2D eigenvalue weighted by molar-refractivity contribution is 5.91. The Morgan fingerprint density at radius 1 is 1.05 bits per heavy atom. The maximum Gasteiger partial charge on any atom is 0.232 e. The van der Waals surface area contributed by atoms with Crippen molar-refractivity contribution in [2.24, 2.45) is 0 Å². The Morgan fingerprint density at radius 3 is 2.52 bits per heavy atom. The molecule has 3 rings (SSSR count). The van der Waals surface area contributed by atoms with Gasteiger partial charge in [-0.25, -0.2) is 4.98 Å². The minimum Gasteiger partial charge on any atom is -0.274 e.